The number of nitrogens with one attached hydrogen (secondary N) is 1. The van der Waals surface area contributed by atoms with Gasteiger partial charge in [0.1, 0.15) is 0 Å². The van der Waals surface area contributed by atoms with Gasteiger partial charge in [0, 0.05) is 18.4 Å². The first-order valence-corrected chi connectivity index (χ1v) is 7.40. The van der Waals surface area contributed by atoms with Crippen LogP contribution >= 0.6 is 0 Å². The van der Waals surface area contributed by atoms with Gasteiger partial charge in [-0.1, -0.05) is 19.9 Å². The van der Waals surface area contributed by atoms with E-state index in [4.69, 9.17) is 5.73 Å². The Balaban J connectivity index is 2.01. The van der Waals surface area contributed by atoms with Crippen LogP contribution in [0.15, 0.2) is 24.4 Å². The first kappa shape index (κ1) is 16.2. The number of aromatic nitrogens is 3. The van der Waals surface area contributed by atoms with Crippen LogP contribution in [0.2, 0.25) is 0 Å². The van der Waals surface area contributed by atoms with Gasteiger partial charge in [0.2, 0.25) is 5.91 Å². The van der Waals surface area contributed by atoms with E-state index in [-0.39, 0.29) is 11.8 Å². The largest absolute Gasteiger partial charge is 0.351 e. The highest BCUT2D eigenvalue weighted by Gasteiger charge is 2.16. The van der Waals surface area contributed by atoms with Crippen molar-refractivity contribution in [2.75, 3.05) is 0 Å². The summed E-state index contributed by atoms with van der Waals surface area (Å²) < 4.78 is 1.80. The normalized spacial score (nSPS) is 12.5. The molecule has 2 rings (SSSR count). The van der Waals surface area contributed by atoms with E-state index in [9.17, 15) is 4.79 Å². The molecule has 22 heavy (non-hydrogen) atoms. The Morgan fingerprint density at radius 2 is 2.09 bits per heavy atom. The zero-order chi connectivity index (χ0) is 16.3. The number of pyridine rings is 1. The summed E-state index contributed by atoms with van der Waals surface area (Å²) in [4.78, 5) is 16.2. The van der Waals surface area contributed by atoms with Gasteiger partial charge < -0.3 is 11.1 Å². The maximum Gasteiger partial charge on any atom is 0.237 e. The quantitative estimate of drug-likeness (QED) is 0.876. The molecule has 1 unspecified atom stereocenters. The topological polar surface area (TPSA) is 85.8 Å². The molecule has 118 valence electrons. The average molecular weight is 301 g/mol. The maximum absolute atomic E-state index is 11.8. The molecular formula is C16H23N5O. The van der Waals surface area contributed by atoms with E-state index in [0.717, 1.165) is 22.8 Å². The van der Waals surface area contributed by atoms with Crippen molar-refractivity contribution in [2.45, 2.75) is 40.3 Å². The number of nitrogens with two attached hydrogens (primary N) is 1. The second-order valence-electron chi connectivity index (χ2n) is 5.85. The van der Waals surface area contributed by atoms with Crippen LogP contribution in [0.25, 0.3) is 5.82 Å². The highest BCUT2D eigenvalue weighted by Crippen LogP contribution is 2.10. The minimum atomic E-state index is -0.484. The number of hydrogen-bond acceptors (Lipinski definition) is 4. The molecule has 3 N–H and O–H groups in total. The van der Waals surface area contributed by atoms with E-state index in [1.54, 1.807) is 10.9 Å². The molecule has 2 aromatic heterocycles. The standard InChI is InChI=1S/C16H23N5O/c1-10(2)15(17)16(22)19-9-13-5-6-14(18-8-13)21-12(4)7-11(3)20-21/h5-8,10,15H,9,17H2,1-4H3,(H,19,22). The lowest BCUT2D eigenvalue weighted by atomic mass is 10.1. The van der Waals surface area contributed by atoms with Crippen LogP contribution < -0.4 is 11.1 Å². The number of carbonyl (C=O) groups excluding carboxylic acids is 1. The smallest absolute Gasteiger partial charge is 0.237 e. The lowest BCUT2D eigenvalue weighted by Crippen LogP contribution is -2.43. The number of rotatable bonds is 5. The van der Waals surface area contributed by atoms with E-state index < -0.39 is 6.04 Å². The van der Waals surface area contributed by atoms with E-state index in [0.29, 0.717) is 6.54 Å². The predicted molar refractivity (Wildman–Crippen MR) is 85.5 cm³/mol. The Kier molecular flexibility index (Phi) is 4.92. The molecule has 0 fully saturated rings. The monoisotopic (exact) mass is 301 g/mol. The summed E-state index contributed by atoms with van der Waals surface area (Å²) in [6.07, 6.45) is 1.74. The molecule has 0 spiro atoms. The highest BCUT2D eigenvalue weighted by atomic mass is 16.2. The number of nitrogens with zero attached hydrogens (tertiary/aromatic N) is 3. The van der Waals surface area contributed by atoms with Crippen LogP contribution in [-0.2, 0) is 11.3 Å². The summed E-state index contributed by atoms with van der Waals surface area (Å²) in [5.74, 6) is 0.740. The predicted octanol–water partition coefficient (Wildman–Crippen LogP) is 1.48. The average Bonchev–Trinajstić information content (AvgIpc) is 2.83. The first-order chi connectivity index (χ1) is 10.4. The summed E-state index contributed by atoms with van der Waals surface area (Å²) >= 11 is 0. The second-order valence-corrected chi connectivity index (χ2v) is 5.85. The zero-order valence-electron chi connectivity index (χ0n) is 13.5. The molecule has 0 aliphatic heterocycles. The van der Waals surface area contributed by atoms with Gasteiger partial charge in [0.15, 0.2) is 5.82 Å². The Morgan fingerprint density at radius 1 is 1.36 bits per heavy atom. The van der Waals surface area contributed by atoms with E-state index >= 15 is 0 Å². The summed E-state index contributed by atoms with van der Waals surface area (Å²) in [5.41, 5.74) is 8.72. The first-order valence-electron chi connectivity index (χ1n) is 7.40. The number of aryl methyl sites for hydroxylation is 2. The summed E-state index contributed by atoms with van der Waals surface area (Å²) in [6, 6.07) is 5.34. The summed E-state index contributed by atoms with van der Waals surface area (Å²) in [6.45, 7) is 8.21. The van der Waals surface area contributed by atoms with Crippen LogP contribution in [0.1, 0.15) is 30.8 Å². The van der Waals surface area contributed by atoms with Gasteiger partial charge in [-0.05, 0) is 37.5 Å². The third-order valence-corrected chi connectivity index (χ3v) is 3.52. The second kappa shape index (κ2) is 6.70. The van der Waals surface area contributed by atoms with Crippen LogP contribution in [0.4, 0.5) is 0 Å². The third-order valence-electron chi connectivity index (χ3n) is 3.52. The summed E-state index contributed by atoms with van der Waals surface area (Å²) in [7, 11) is 0. The molecular weight excluding hydrogens is 278 g/mol. The highest BCUT2D eigenvalue weighted by molar-refractivity contribution is 5.81. The molecule has 0 aliphatic carbocycles. The Hall–Kier alpha value is -2.21. The van der Waals surface area contributed by atoms with Crippen molar-refractivity contribution in [2.24, 2.45) is 11.7 Å². The van der Waals surface area contributed by atoms with Gasteiger partial charge in [0.25, 0.3) is 0 Å². The third kappa shape index (κ3) is 3.71. The van der Waals surface area contributed by atoms with Gasteiger partial charge >= 0.3 is 0 Å². The van der Waals surface area contributed by atoms with Gasteiger partial charge in [0.05, 0.1) is 11.7 Å². The maximum atomic E-state index is 11.8. The molecule has 0 saturated carbocycles. The van der Waals surface area contributed by atoms with Crippen molar-refractivity contribution >= 4 is 5.91 Å². The molecule has 6 heteroatoms. The van der Waals surface area contributed by atoms with Gasteiger partial charge in [-0.25, -0.2) is 9.67 Å². The molecule has 0 radical (unpaired) electrons. The summed E-state index contributed by atoms with van der Waals surface area (Å²) in [5, 5.41) is 7.22. The molecule has 0 saturated heterocycles. The fourth-order valence-corrected chi connectivity index (χ4v) is 2.12. The lowest BCUT2D eigenvalue weighted by Gasteiger charge is -2.15. The van der Waals surface area contributed by atoms with Crippen molar-refractivity contribution in [3.8, 4) is 5.82 Å². The fraction of sp³-hybridized carbons (Fsp3) is 0.438. The zero-order valence-corrected chi connectivity index (χ0v) is 13.5. The van der Waals surface area contributed by atoms with Gasteiger partial charge in [-0.15, -0.1) is 0 Å². The molecule has 1 atom stereocenters. The van der Waals surface area contributed by atoms with Gasteiger partial charge in [-0.3, -0.25) is 4.79 Å². The number of carbonyl (C=O) groups is 1. The van der Waals surface area contributed by atoms with E-state index in [1.807, 2.05) is 45.9 Å². The molecule has 2 aromatic rings. The molecule has 2 heterocycles. The minimum Gasteiger partial charge on any atom is -0.351 e. The lowest BCUT2D eigenvalue weighted by molar-refractivity contribution is -0.123. The minimum absolute atomic E-state index is 0.117. The molecule has 0 aliphatic rings. The molecule has 0 aromatic carbocycles. The Morgan fingerprint density at radius 3 is 2.59 bits per heavy atom. The van der Waals surface area contributed by atoms with Crippen LogP contribution in [0, 0.1) is 19.8 Å². The van der Waals surface area contributed by atoms with Crippen molar-refractivity contribution in [1.29, 1.82) is 0 Å². The van der Waals surface area contributed by atoms with Crippen LogP contribution in [0.3, 0.4) is 0 Å². The van der Waals surface area contributed by atoms with Gasteiger partial charge in [-0.2, -0.15) is 5.10 Å². The number of amides is 1. The Bertz CT molecular complexity index is 645. The van der Waals surface area contributed by atoms with Crippen LogP contribution in [0.5, 0.6) is 0 Å². The van der Waals surface area contributed by atoms with Crippen molar-refractivity contribution in [3.05, 3.63) is 41.3 Å². The fourth-order valence-electron chi connectivity index (χ4n) is 2.12. The SMILES string of the molecule is Cc1cc(C)n(-c2ccc(CNC(=O)C(N)C(C)C)cn2)n1. The molecule has 6 nitrogen and oxygen atoms in total. The van der Waals surface area contributed by atoms with Crippen molar-refractivity contribution < 1.29 is 4.79 Å². The van der Waals surface area contributed by atoms with Crippen LogP contribution in [-0.4, -0.2) is 26.7 Å². The Labute approximate surface area is 130 Å². The van der Waals surface area contributed by atoms with Crippen molar-refractivity contribution in [1.82, 2.24) is 20.1 Å². The molecule has 0 bridgehead atoms. The number of hydrogen-bond donors (Lipinski definition) is 2. The van der Waals surface area contributed by atoms with E-state index in [2.05, 4.69) is 15.4 Å². The molecule has 1 amide bonds. The van der Waals surface area contributed by atoms with E-state index in [1.165, 1.54) is 0 Å². The van der Waals surface area contributed by atoms with Crippen molar-refractivity contribution in [3.63, 3.8) is 0 Å².